The van der Waals surface area contributed by atoms with Crippen LogP contribution in [0.3, 0.4) is 0 Å². The normalized spacial score (nSPS) is 19.0. The van der Waals surface area contributed by atoms with Gasteiger partial charge in [-0.2, -0.15) is 12.6 Å². The predicted molar refractivity (Wildman–Crippen MR) is 181 cm³/mol. The first-order chi connectivity index (χ1) is 22.5. The number of hydrogen-bond donors (Lipinski definition) is 4. The van der Waals surface area contributed by atoms with Crippen LogP contribution in [0.25, 0.3) is 10.8 Å². The number of ether oxygens (including phenoxy) is 1. The molecule has 0 spiro atoms. The fourth-order valence-corrected chi connectivity index (χ4v) is 7.27. The Balaban J connectivity index is 0.000000351. The summed E-state index contributed by atoms with van der Waals surface area (Å²) in [4.78, 5) is 73.2. The number of fused-ring (bicyclic) bond motifs is 1. The Kier molecular flexibility index (Phi) is 12.6. The lowest BCUT2D eigenvalue weighted by atomic mass is 10.1. The molecule has 0 aliphatic carbocycles. The largest absolute Gasteiger partial charge is 0.477 e. The molecule has 3 unspecified atom stereocenters. The number of amides is 4. The predicted octanol–water partition coefficient (Wildman–Crippen LogP) is 2.67. The van der Waals surface area contributed by atoms with Crippen LogP contribution in [0.2, 0.25) is 4.34 Å². The zero-order valence-corrected chi connectivity index (χ0v) is 28.2. The molecule has 0 saturated carbocycles. The molecular weight excluding hydrogens is 692 g/mol. The molecule has 0 radical (unpaired) electrons. The van der Waals surface area contributed by atoms with Crippen molar-refractivity contribution in [2.75, 3.05) is 33.3 Å². The number of imide groups is 1. The summed E-state index contributed by atoms with van der Waals surface area (Å²) in [5, 5.41) is 23.5. The monoisotopic (exact) mass is 722 g/mol. The van der Waals surface area contributed by atoms with E-state index < -0.39 is 40.7 Å². The van der Waals surface area contributed by atoms with Gasteiger partial charge in [0.1, 0.15) is 6.29 Å². The van der Waals surface area contributed by atoms with Crippen LogP contribution in [0.1, 0.15) is 23.2 Å². The van der Waals surface area contributed by atoms with Crippen LogP contribution in [-0.4, -0.2) is 95.3 Å². The van der Waals surface area contributed by atoms with E-state index >= 15 is 0 Å². The third kappa shape index (κ3) is 8.60. The lowest BCUT2D eigenvalue weighted by molar-refractivity contribution is -0.384. The van der Waals surface area contributed by atoms with Crippen LogP contribution in [0.4, 0.5) is 5.69 Å². The highest BCUT2D eigenvalue weighted by atomic mass is 35.5. The molecule has 4 amide bonds. The second-order valence-electron chi connectivity index (χ2n) is 10.4. The minimum atomic E-state index is -0.732. The Labute approximate surface area is 288 Å². The molecule has 47 heavy (non-hydrogen) atoms. The number of nitrogens with zero attached hydrogens (tertiary/aromatic N) is 3. The van der Waals surface area contributed by atoms with Crippen molar-refractivity contribution in [3.05, 3.63) is 62.5 Å². The molecule has 5 rings (SSSR count). The Morgan fingerprint density at radius 1 is 1.28 bits per heavy atom. The molecule has 2 saturated heterocycles. The number of carbonyl (C=O) groups excluding carboxylic acids is 5. The number of nitro benzene ring substituents is 1. The van der Waals surface area contributed by atoms with Crippen LogP contribution in [0.15, 0.2) is 46.7 Å². The number of aldehydes is 1. The first-order valence-corrected chi connectivity index (χ1v) is 16.8. The second-order valence-corrected chi connectivity index (χ2v) is 13.6. The molecule has 3 atom stereocenters. The van der Waals surface area contributed by atoms with E-state index in [4.69, 9.17) is 21.5 Å². The number of likely N-dealkylation sites (N-methyl/N-ethyl adjacent to an activating group) is 1. The molecular formula is C29H31ClN6O8S3. The number of nitrogens with two attached hydrogens (primary N) is 1. The molecule has 3 heterocycles. The maximum Gasteiger partial charge on any atom is 0.318 e. The van der Waals surface area contributed by atoms with E-state index in [1.165, 1.54) is 21.9 Å². The smallest absolute Gasteiger partial charge is 0.318 e. The van der Waals surface area contributed by atoms with Crippen molar-refractivity contribution >= 4 is 93.9 Å². The third-order valence-corrected chi connectivity index (χ3v) is 9.78. The van der Waals surface area contributed by atoms with Crippen molar-refractivity contribution in [3.8, 4) is 5.75 Å². The van der Waals surface area contributed by atoms with Gasteiger partial charge in [-0.25, -0.2) is 0 Å². The first kappa shape index (κ1) is 36.1. The number of thiophene rings is 1. The Morgan fingerprint density at radius 3 is 2.66 bits per heavy atom. The van der Waals surface area contributed by atoms with Gasteiger partial charge in [0.25, 0.3) is 11.8 Å². The standard InChI is InChI=1S/C22H19ClN4O6S2.C7H12N2O2S/c23-18-8-16(22(34-18)35-24)21(30)26-9-13(7-14(26)10-28)25-19(29)11-33-17-6-5-12-3-1-2-4-15(12)20(17)27(31)32;1-8-2-3-9-6(10)4-5(12)7(9)11/h1-6,8,10,13-14H,7,9,11,24H2,(H,25,29);5,8,12H,2-4H2,1H3. The van der Waals surface area contributed by atoms with Gasteiger partial charge in [-0.15, -0.1) is 11.3 Å². The number of halogens is 1. The van der Waals surface area contributed by atoms with Crippen LogP contribution < -0.4 is 20.5 Å². The number of benzene rings is 2. The van der Waals surface area contributed by atoms with Crippen molar-refractivity contribution in [2.24, 2.45) is 5.14 Å². The summed E-state index contributed by atoms with van der Waals surface area (Å²) in [6.07, 6.45) is 1.12. The van der Waals surface area contributed by atoms with Gasteiger partial charge in [0.05, 0.1) is 35.7 Å². The number of likely N-dealkylation sites (tertiary alicyclic amines) is 2. The summed E-state index contributed by atoms with van der Waals surface area (Å²) in [5.41, 5.74) is 0.0795. The van der Waals surface area contributed by atoms with E-state index in [9.17, 15) is 34.1 Å². The molecule has 0 bridgehead atoms. The molecule has 2 aromatic carbocycles. The molecule has 3 aromatic rings. The summed E-state index contributed by atoms with van der Waals surface area (Å²) < 4.78 is 6.40. The quantitative estimate of drug-likeness (QED) is 0.0568. The summed E-state index contributed by atoms with van der Waals surface area (Å²) in [6, 6.07) is 10.2. The van der Waals surface area contributed by atoms with Crippen LogP contribution in [0, 0.1) is 10.1 Å². The van der Waals surface area contributed by atoms with Crippen LogP contribution >= 0.6 is 47.5 Å². The maximum atomic E-state index is 13.0. The highest BCUT2D eigenvalue weighted by Crippen LogP contribution is 2.36. The number of thiol groups is 1. The minimum Gasteiger partial charge on any atom is -0.477 e. The van der Waals surface area contributed by atoms with Gasteiger partial charge in [-0.3, -0.25) is 39.3 Å². The van der Waals surface area contributed by atoms with E-state index in [1.54, 1.807) is 37.4 Å². The highest BCUT2D eigenvalue weighted by Gasteiger charge is 2.38. The van der Waals surface area contributed by atoms with E-state index in [0.29, 0.717) is 44.3 Å². The molecule has 2 fully saturated rings. The van der Waals surface area contributed by atoms with Crippen LogP contribution in [0.5, 0.6) is 5.75 Å². The lowest BCUT2D eigenvalue weighted by Gasteiger charge is -2.20. The summed E-state index contributed by atoms with van der Waals surface area (Å²) in [6.45, 7) is 0.721. The molecule has 2 aliphatic rings. The Hall–Kier alpha value is -3.74. The van der Waals surface area contributed by atoms with E-state index in [-0.39, 0.29) is 42.6 Å². The number of rotatable bonds is 11. The van der Waals surface area contributed by atoms with E-state index in [2.05, 4.69) is 23.3 Å². The van der Waals surface area contributed by atoms with Gasteiger partial charge in [-0.05, 0) is 49.0 Å². The maximum absolute atomic E-state index is 13.0. The van der Waals surface area contributed by atoms with E-state index in [0.717, 1.165) is 23.3 Å². The molecule has 4 N–H and O–H groups in total. The molecule has 18 heteroatoms. The van der Waals surface area contributed by atoms with Gasteiger partial charge in [0, 0.05) is 32.1 Å². The van der Waals surface area contributed by atoms with Gasteiger partial charge in [0.15, 0.2) is 12.4 Å². The number of nitro groups is 1. The summed E-state index contributed by atoms with van der Waals surface area (Å²) >= 11 is 12.1. The fraction of sp³-hybridized carbons (Fsp3) is 0.345. The highest BCUT2D eigenvalue weighted by molar-refractivity contribution is 7.99. The zero-order valence-electron chi connectivity index (χ0n) is 24.9. The third-order valence-electron chi connectivity index (χ3n) is 7.34. The van der Waals surface area contributed by atoms with Crippen molar-refractivity contribution in [1.29, 1.82) is 0 Å². The zero-order chi connectivity index (χ0) is 34.2. The lowest BCUT2D eigenvalue weighted by Crippen LogP contribution is -2.41. The topological polar surface area (TPSA) is 194 Å². The van der Waals surface area contributed by atoms with Crippen molar-refractivity contribution in [1.82, 2.24) is 20.4 Å². The average Bonchev–Trinajstić information content (AvgIpc) is 3.72. The number of nitrogens with one attached hydrogen (secondary N) is 2. The molecule has 250 valence electrons. The summed E-state index contributed by atoms with van der Waals surface area (Å²) in [7, 11) is 1.78. The molecule has 2 aliphatic heterocycles. The van der Waals surface area contributed by atoms with Gasteiger partial charge in [-0.1, -0.05) is 35.9 Å². The molecule has 1 aromatic heterocycles. The number of carbonyl (C=O) groups is 5. The van der Waals surface area contributed by atoms with Crippen molar-refractivity contribution in [2.45, 2.75) is 34.4 Å². The molecule has 14 nitrogen and oxygen atoms in total. The summed E-state index contributed by atoms with van der Waals surface area (Å²) in [5.74, 6) is -1.25. The number of hydrogen-bond acceptors (Lipinski definition) is 13. The van der Waals surface area contributed by atoms with Gasteiger partial charge >= 0.3 is 5.69 Å². The first-order valence-electron chi connectivity index (χ1n) is 14.2. The van der Waals surface area contributed by atoms with Gasteiger partial charge in [0.2, 0.25) is 11.8 Å². The van der Waals surface area contributed by atoms with Crippen molar-refractivity contribution < 1.29 is 33.6 Å². The van der Waals surface area contributed by atoms with Crippen LogP contribution in [-0.2, 0) is 19.2 Å². The van der Waals surface area contributed by atoms with Crippen molar-refractivity contribution in [3.63, 3.8) is 0 Å². The average molecular weight is 723 g/mol. The van der Waals surface area contributed by atoms with E-state index in [1.807, 2.05) is 0 Å². The fourth-order valence-electron chi connectivity index (χ4n) is 5.15. The SMILES string of the molecule is CNCCN1C(=O)CC(S)C1=O.NSc1sc(Cl)cc1C(=O)N1CC(NC(=O)COc2ccc3ccccc3c2[N+](=O)[O-])CC1C=O. The Bertz CT molecular complexity index is 1690. The second kappa shape index (κ2) is 16.4. The van der Waals surface area contributed by atoms with Gasteiger partial charge < -0.3 is 25.1 Å². The minimum absolute atomic E-state index is 0.0287. The Morgan fingerprint density at radius 2 is 2.02 bits per heavy atom.